The van der Waals surface area contributed by atoms with Crippen molar-refractivity contribution in [1.29, 1.82) is 0 Å². The maximum Gasteiger partial charge on any atom is 0.273 e. The highest BCUT2D eigenvalue weighted by Crippen LogP contribution is 2.18. The highest BCUT2D eigenvalue weighted by atomic mass is 16.3. The molecule has 0 aliphatic heterocycles. The zero-order valence-corrected chi connectivity index (χ0v) is 16.7. The minimum absolute atomic E-state index is 0.118. The van der Waals surface area contributed by atoms with Gasteiger partial charge >= 0.3 is 0 Å². The number of aromatic nitrogens is 1. The first-order chi connectivity index (χ1) is 14.1. The van der Waals surface area contributed by atoms with Gasteiger partial charge in [-0.05, 0) is 61.4 Å². The second-order valence-corrected chi connectivity index (χ2v) is 6.65. The summed E-state index contributed by atoms with van der Waals surface area (Å²) in [5.41, 5.74) is 7.00. The third-order valence-electron chi connectivity index (χ3n) is 4.77. The summed E-state index contributed by atoms with van der Waals surface area (Å²) < 4.78 is 1.90. The van der Waals surface area contributed by atoms with Gasteiger partial charge in [0, 0.05) is 31.2 Å². The summed E-state index contributed by atoms with van der Waals surface area (Å²) >= 11 is 0. The number of anilines is 1. The normalized spacial score (nSPS) is 11.0. The molecule has 3 rings (SSSR count). The smallest absolute Gasteiger partial charge is 0.273 e. The topological polar surface area (TPSA) is 69.9 Å². The Bertz CT molecular complexity index is 980. The van der Waals surface area contributed by atoms with E-state index in [4.69, 9.17) is 0 Å². The third kappa shape index (κ3) is 4.92. The summed E-state index contributed by atoms with van der Waals surface area (Å²) in [6.45, 7) is 5.60. The van der Waals surface area contributed by atoms with Crippen LogP contribution in [-0.2, 0) is 0 Å². The number of carbonyl (C=O) groups is 1. The van der Waals surface area contributed by atoms with E-state index < -0.39 is 0 Å². The van der Waals surface area contributed by atoms with E-state index in [1.807, 2.05) is 66.3 Å². The highest BCUT2D eigenvalue weighted by Gasteiger charge is 2.11. The summed E-state index contributed by atoms with van der Waals surface area (Å²) in [5.74, 6) is -0.264. The van der Waals surface area contributed by atoms with Crippen LogP contribution in [0.4, 0.5) is 5.69 Å². The lowest BCUT2D eigenvalue weighted by Gasteiger charge is -2.22. The van der Waals surface area contributed by atoms with Crippen LogP contribution >= 0.6 is 0 Å². The average molecular weight is 390 g/mol. The Labute approximate surface area is 171 Å². The summed E-state index contributed by atoms with van der Waals surface area (Å²) in [5, 5.41) is 13.3. The molecule has 6 heteroatoms. The van der Waals surface area contributed by atoms with Crippen molar-refractivity contribution >= 4 is 17.8 Å². The zero-order valence-electron chi connectivity index (χ0n) is 16.7. The number of carbonyl (C=O) groups excluding carboxylic acids is 1. The third-order valence-corrected chi connectivity index (χ3v) is 4.77. The highest BCUT2D eigenvalue weighted by molar-refractivity contribution is 5.98. The molecule has 0 unspecified atom stereocenters. The number of nitrogens with zero attached hydrogens (tertiary/aromatic N) is 3. The van der Waals surface area contributed by atoms with Crippen molar-refractivity contribution in [3.63, 3.8) is 0 Å². The lowest BCUT2D eigenvalue weighted by molar-refractivity contribution is 0.0955. The molecular formula is C23H26N4O2. The molecule has 2 aromatic carbocycles. The number of aliphatic hydroxyl groups is 1. The van der Waals surface area contributed by atoms with Crippen LogP contribution in [0.15, 0.2) is 72.1 Å². The number of nitrogens with one attached hydrogen (secondary N) is 1. The minimum Gasteiger partial charge on any atom is -0.395 e. The molecule has 0 saturated carbocycles. The van der Waals surface area contributed by atoms with E-state index in [1.165, 1.54) is 0 Å². The SMILES string of the molecule is CCN(CCO)c1ccc(/C=N\NC(=O)c2ccccc2-n2cccc2)c(C)c1. The number of hydrogen-bond acceptors (Lipinski definition) is 4. The summed E-state index contributed by atoms with van der Waals surface area (Å²) in [6.07, 6.45) is 5.45. The maximum absolute atomic E-state index is 12.6. The van der Waals surface area contributed by atoms with Crippen molar-refractivity contribution in [1.82, 2.24) is 9.99 Å². The molecule has 6 nitrogen and oxygen atoms in total. The second-order valence-electron chi connectivity index (χ2n) is 6.65. The Balaban J connectivity index is 1.71. The van der Waals surface area contributed by atoms with E-state index in [0.717, 1.165) is 29.0 Å². The Morgan fingerprint density at radius 1 is 1.17 bits per heavy atom. The molecule has 1 heterocycles. The minimum atomic E-state index is -0.264. The number of hydrazone groups is 1. The van der Waals surface area contributed by atoms with Crippen molar-refractivity contribution in [2.75, 3.05) is 24.6 Å². The van der Waals surface area contributed by atoms with Crippen molar-refractivity contribution in [3.8, 4) is 5.69 Å². The predicted octanol–water partition coefficient (Wildman–Crippen LogP) is 3.37. The van der Waals surface area contributed by atoms with E-state index in [2.05, 4.69) is 28.4 Å². The van der Waals surface area contributed by atoms with Gasteiger partial charge < -0.3 is 14.6 Å². The first-order valence-corrected chi connectivity index (χ1v) is 9.66. The molecule has 0 atom stereocenters. The van der Waals surface area contributed by atoms with Crippen molar-refractivity contribution in [2.45, 2.75) is 13.8 Å². The van der Waals surface area contributed by atoms with Gasteiger partial charge in [-0.3, -0.25) is 4.79 Å². The van der Waals surface area contributed by atoms with Gasteiger partial charge in [0.25, 0.3) is 5.91 Å². The summed E-state index contributed by atoms with van der Waals surface area (Å²) in [4.78, 5) is 14.7. The number of aliphatic hydroxyl groups excluding tert-OH is 1. The molecule has 0 fully saturated rings. The van der Waals surface area contributed by atoms with E-state index in [-0.39, 0.29) is 12.5 Å². The van der Waals surface area contributed by atoms with Gasteiger partial charge in [-0.1, -0.05) is 18.2 Å². The molecule has 3 aromatic rings. The molecule has 0 spiro atoms. The molecule has 0 aliphatic rings. The van der Waals surface area contributed by atoms with Gasteiger partial charge in [0.1, 0.15) is 0 Å². The largest absolute Gasteiger partial charge is 0.395 e. The Hall–Kier alpha value is -3.38. The van der Waals surface area contributed by atoms with E-state index in [1.54, 1.807) is 12.3 Å². The number of para-hydroxylation sites is 1. The zero-order chi connectivity index (χ0) is 20.6. The van der Waals surface area contributed by atoms with Crippen LogP contribution in [0.5, 0.6) is 0 Å². The molecule has 0 saturated heterocycles. The predicted molar refractivity (Wildman–Crippen MR) is 117 cm³/mol. The van der Waals surface area contributed by atoms with Crippen molar-refractivity contribution in [2.24, 2.45) is 5.10 Å². The molecule has 1 aromatic heterocycles. The summed E-state index contributed by atoms with van der Waals surface area (Å²) in [6, 6.07) is 17.3. The number of amides is 1. The molecule has 150 valence electrons. The quantitative estimate of drug-likeness (QED) is 0.458. The lowest BCUT2D eigenvalue weighted by atomic mass is 10.1. The Morgan fingerprint density at radius 3 is 2.62 bits per heavy atom. The Kier molecular flexibility index (Phi) is 6.81. The molecule has 1 amide bonds. The van der Waals surface area contributed by atoms with Crippen molar-refractivity contribution < 1.29 is 9.90 Å². The maximum atomic E-state index is 12.6. The van der Waals surface area contributed by atoms with Crippen LogP contribution in [-0.4, -0.2) is 41.5 Å². The lowest BCUT2D eigenvalue weighted by Crippen LogP contribution is -2.26. The first-order valence-electron chi connectivity index (χ1n) is 9.66. The monoisotopic (exact) mass is 390 g/mol. The molecule has 0 aliphatic carbocycles. The van der Waals surface area contributed by atoms with Gasteiger partial charge in [0.2, 0.25) is 0 Å². The van der Waals surface area contributed by atoms with Crippen LogP contribution in [0, 0.1) is 6.92 Å². The van der Waals surface area contributed by atoms with E-state index in [0.29, 0.717) is 12.1 Å². The first kappa shape index (κ1) is 20.4. The molecule has 0 bridgehead atoms. The van der Waals surface area contributed by atoms with Gasteiger partial charge in [0.15, 0.2) is 0 Å². The van der Waals surface area contributed by atoms with Crippen LogP contribution in [0.1, 0.15) is 28.4 Å². The number of rotatable bonds is 8. The fraction of sp³-hybridized carbons (Fsp3) is 0.217. The van der Waals surface area contributed by atoms with Crippen molar-refractivity contribution in [3.05, 3.63) is 83.7 Å². The van der Waals surface area contributed by atoms with Gasteiger partial charge in [-0.15, -0.1) is 0 Å². The standard InChI is InChI=1S/C23H26N4O2/c1-3-26(14-15-28)20-11-10-19(18(2)16-20)17-24-25-23(29)21-8-4-5-9-22(21)27-12-6-7-13-27/h4-13,16-17,28H,3,14-15H2,1-2H3,(H,25,29)/b24-17-. The Morgan fingerprint density at radius 2 is 1.93 bits per heavy atom. The average Bonchev–Trinajstić information content (AvgIpc) is 3.28. The molecule has 29 heavy (non-hydrogen) atoms. The fourth-order valence-electron chi connectivity index (χ4n) is 3.20. The number of hydrogen-bond donors (Lipinski definition) is 2. The van der Waals surface area contributed by atoms with Crippen LogP contribution < -0.4 is 10.3 Å². The number of benzene rings is 2. The van der Waals surface area contributed by atoms with Gasteiger partial charge in [-0.25, -0.2) is 5.43 Å². The molecular weight excluding hydrogens is 364 g/mol. The number of likely N-dealkylation sites (N-methyl/N-ethyl adjacent to an activating group) is 1. The molecule has 2 N–H and O–H groups in total. The van der Waals surface area contributed by atoms with E-state index in [9.17, 15) is 9.90 Å². The second kappa shape index (κ2) is 9.71. The summed E-state index contributed by atoms with van der Waals surface area (Å²) in [7, 11) is 0. The number of aryl methyl sites for hydroxylation is 1. The van der Waals surface area contributed by atoms with Crippen LogP contribution in [0.2, 0.25) is 0 Å². The van der Waals surface area contributed by atoms with Gasteiger partial charge in [0.05, 0.1) is 24.1 Å². The fourth-order valence-corrected chi connectivity index (χ4v) is 3.20. The molecule has 0 radical (unpaired) electrons. The van der Waals surface area contributed by atoms with Gasteiger partial charge in [-0.2, -0.15) is 5.10 Å². The van der Waals surface area contributed by atoms with Crippen LogP contribution in [0.25, 0.3) is 5.69 Å². The van der Waals surface area contributed by atoms with Crippen LogP contribution in [0.3, 0.4) is 0 Å². The van der Waals surface area contributed by atoms with E-state index >= 15 is 0 Å².